The van der Waals surface area contributed by atoms with Crippen molar-refractivity contribution in [2.45, 2.75) is 32.4 Å². The Morgan fingerprint density at radius 1 is 1.65 bits per heavy atom. The lowest BCUT2D eigenvalue weighted by Gasteiger charge is -2.27. The van der Waals surface area contributed by atoms with Crippen LogP contribution in [0.1, 0.15) is 29.8 Å². The number of aryl methyl sites for hydroxylation is 1. The van der Waals surface area contributed by atoms with Crippen molar-refractivity contribution in [1.82, 2.24) is 4.90 Å². The van der Waals surface area contributed by atoms with Gasteiger partial charge >= 0.3 is 0 Å². The van der Waals surface area contributed by atoms with E-state index in [9.17, 15) is 5.11 Å². The Bertz CT molecular complexity index is 364. The molecule has 0 saturated carbocycles. The molecule has 1 fully saturated rings. The van der Waals surface area contributed by atoms with E-state index in [1.165, 1.54) is 10.4 Å². The number of nitrogens with two attached hydrogens (primary N) is 1. The summed E-state index contributed by atoms with van der Waals surface area (Å²) in [5.74, 6) is 0.407. The van der Waals surface area contributed by atoms with E-state index in [4.69, 9.17) is 5.73 Å². The molecule has 3 N–H and O–H groups in total. The number of hydrogen-bond donors (Lipinski definition) is 2. The van der Waals surface area contributed by atoms with Crippen LogP contribution in [0, 0.1) is 12.8 Å². The summed E-state index contributed by atoms with van der Waals surface area (Å²) in [7, 11) is 0. The Labute approximate surface area is 107 Å². The van der Waals surface area contributed by atoms with Crippen LogP contribution in [0.2, 0.25) is 0 Å². The summed E-state index contributed by atoms with van der Waals surface area (Å²) >= 11 is 1.79. The Morgan fingerprint density at radius 3 is 2.88 bits per heavy atom. The van der Waals surface area contributed by atoms with Crippen LogP contribution >= 0.6 is 11.3 Å². The van der Waals surface area contributed by atoms with E-state index in [1.54, 1.807) is 11.3 Å². The van der Waals surface area contributed by atoms with E-state index in [0.29, 0.717) is 18.5 Å². The monoisotopic (exact) mass is 254 g/mol. The minimum absolute atomic E-state index is 0.206. The Balaban J connectivity index is 2.08. The number of hydrogen-bond acceptors (Lipinski definition) is 4. The van der Waals surface area contributed by atoms with Gasteiger partial charge in [0.05, 0.1) is 12.1 Å². The molecule has 0 radical (unpaired) electrons. The van der Waals surface area contributed by atoms with E-state index < -0.39 is 0 Å². The van der Waals surface area contributed by atoms with Gasteiger partial charge in [-0.3, -0.25) is 4.90 Å². The lowest BCUT2D eigenvalue weighted by Crippen LogP contribution is -2.33. The van der Waals surface area contributed by atoms with Crippen molar-refractivity contribution >= 4 is 11.3 Å². The van der Waals surface area contributed by atoms with Crippen molar-refractivity contribution < 1.29 is 5.11 Å². The van der Waals surface area contributed by atoms with Crippen LogP contribution in [-0.2, 0) is 0 Å². The van der Waals surface area contributed by atoms with Crippen molar-refractivity contribution in [2.75, 3.05) is 19.6 Å². The highest BCUT2D eigenvalue weighted by atomic mass is 32.1. The van der Waals surface area contributed by atoms with Crippen molar-refractivity contribution in [3.8, 4) is 0 Å². The van der Waals surface area contributed by atoms with E-state index in [1.807, 2.05) is 6.92 Å². The van der Waals surface area contributed by atoms with Gasteiger partial charge in [-0.15, -0.1) is 11.3 Å². The van der Waals surface area contributed by atoms with Gasteiger partial charge in [-0.1, -0.05) is 0 Å². The minimum atomic E-state index is -0.206. The fraction of sp³-hybridized carbons (Fsp3) is 0.692. The van der Waals surface area contributed by atoms with E-state index in [0.717, 1.165) is 19.5 Å². The largest absolute Gasteiger partial charge is 0.393 e. The van der Waals surface area contributed by atoms with Gasteiger partial charge in [0.1, 0.15) is 0 Å². The summed E-state index contributed by atoms with van der Waals surface area (Å²) in [6, 6.07) is 2.49. The van der Waals surface area contributed by atoms with Gasteiger partial charge in [-0.05, 0) is 49.7 Å². The van der Waals surface area contributed by atoms with E-state index >= 15 is 0 Å². The number of nitrogens with zero attached hydrogens (tertiary/aromatic N) is 1. The van der Waals surface area contributed by atoms with Crippen LogP contribution in [0.5, 0.6) is 0 Å². The molecule has 0 amide bonds. The molecule has 1 aromatic rings. The molecule has 3 atom stereocenters. The molecule has 2 rings (SSSR count). The molecular weight excluding hydrogens is 232 g/mol. The van der Waals surface area contributed by atoms with E-state index in [2.05, 4.69) is 23.3 Å². The van der Waals surface area contributed by atoms with Gasteiger partial charge < -0.3 is 10.8 Å². The van der Waals surface area contributed by atoms with Gasteiger partial charge in [-0.25, -0.2) is 0 Å². The van der Waals surface area contributed by atoms with Crippen LogP contribution in [-0.4, -0.2) is 35.7 Å². The third kappa shape index (κ3) is 2.71. The second kappa shape index (κ2) is 5.48. The standard InChI is InChI=1S/C13H22N2OS/c1-9-4-6-17-13(9)12(7-14)15-5-3-11(8-15)10(2)16/h4,6,10-12,16H,3,5,7-8,14H2,1-2H3. The van der Waals surface area contributed by atoms with Crippen LogP contribution < -0.4 is 5.73 Å². The molecule has 0 bridgehead atoms. The smallest absolute Gasteiger partial charge is 0.0567 e. The topological polar surface area (TPSA) is 49.5 Å². The molecular formula is C13H22N2OS. The van der Waals surface area contributed by atoms with Crippen molar-refractivity contribution in [3.05, 3.63) is 21.9 Å². The first-order valence-electron chi connectivity index (χ1n) is 6.29. The average Bonchev–Trinajstić information content (AvgIpc) is 2.90. The first-order chi connectivity index (χ1) is 8.13. The minimum Gasteiger partial charge on any atom is -0.393 e. The fourth-order valence-corrected chi connectivity index (χ4v) is 3.72. The summed E-state index contributed by atoms with van der Waals surface area (Å²) in [4.78, 5) is 3.81. The molecule has 17 heavy (non-hydrogen) atoms. The zero-order valence-corrected chi connectivity index (χ0v) is 11.4. The summed E-state index contributed by atoms with van der Waals surface area (Å²) in [6.45, 7) is 6.72. The maximum atomic E-state index is 9.65. The number of rotatable bonds is 4. The highest BCUT2D eigenvalue weighted by molar-refractivity contribution is 7.10. The SMILES string of the molecule is Cc1ccsc1C(CN)N1CCC(C(C)O)C1. The summed E-state index contributed by atoms with van der Waals surface area (Å²) in [6.07, 6.45) is 0.876. The maximum Gasteiger partial charge on any atom is 0.0567 e. The van der Waals surface area contributed by atoms with Crippen LogP contribution in [0.3, 0.4) is 0 Å². The highest BCUT2D eigenvalue weighted by Crippen LogP contribution is 2.32. The predicted octanol–water partition coefficient (Wildman–Crippen LogP) is 1.76. The van der Waals surface area contributed by atoms with Crippen molar-refractivity contribution in [3.63, 3.8) is 0 Å². The van der Waals surface area contributed by atoms with Gasteiger partial charge in [0, 0.05) is 18.0 Å². The molecule has 96 valence electrons. The molecule has 0 aliphatic carbocycles. The molecule has 1 aromatic heterocycles. The molecule has 1 saturated heterocycles. The molecule has 3 nitrogen and oxygen atoms in total. The van der Waals surface area contributed by atoms with Crippen molar-refractivity contribution in [2.24, 2.45) is 11.7 Å². The average molecular weight is 254 g/mol. The van der Waals surface area contributed by atoms with Gasteiger partial charge in [0.2, 0.25) is 0 Å². The van der Waals surface area contributed by atoms with Crippen molar-refractivity contribution in [1.29, 1.82) is 0 Å². The number of aliphatic hydroxyl groups is 1. The molecule has 1 aliphatic heterocycles. The normalized spacial score (nSPS) is 25.1. The maximum absolute atomic E-state index is 9.65. The molecule has 0 spiro atoms. The second-order valence-electron chi connectivity index (χ2n) is 5.00. The Hall–Kier alpha value is -0.420. The van der Waals surface area contributed by atoms with E-state index in [-0.39, 0.29) is 6.10 Å². The Morgan fingerprint density at radius 2 is 2.41 bits per heavy atom. The summed E-state index contributed by atoms with van der Waals surface area (Å²) in [5.41, 5.74) is 7.28. The molecule has 3 unspecified atom stereocenters. The molecule has 4 heteroatoms. The highest BCUT2D eigenvalue weighted by Gasteiger charge is 2.31. The zero-order chi connectivity index (χ0) is 12.4. The lowest BCUT2D eigenvalue weighted by molar-refractivity contribution is 0.122. The quantitative estimate of drug-likeness (QED) is 0.861. The lowest BCUT2D eigenvalue weighted by atomic mass is 10.0. The first kappa shape index (κ1) is 13.0. The predicted molar refractivity (Wildman–Crippen MR) is 72.2 cm³/mol. The first-order valence-corrected chi connectivity index (χ1v) is 7.17. The van der Waals surface area contributed by atoms with Gasteiger partial charge in [0.25, 0.3) is 0 Å². The number of aliphatic hydroxyl groups excluding tert-OH is 1. The Kier molecular flexibility index (Phi) is 4.20. The number of likely N-dealkylation sites (tertiary alicyclic amines) is 1. The molecule has 1 aliphatic rings. The summed E-state index contributed by atoms with van der Waals surface area (Å²) < 4.78 is 0. The third-order valence-corrected chi connectivity index (χ3v) is 4.93. The van der Waals surface area contributed by atoms with Crippen LogP contribution in [0.25, 0.3) is 0 Å². The fourth-order valence-electron chi connectivity index (χ4n) is 2.64. The van der Waals surface area contributed by atoms with Gasteiger partial charge in [0.15, 0.2) is 0 Å². The van der Waals surface area contributed by atoms with Crippen LogP contribution in [0.15, 0.2) is 11.4 Å². The molecule has 0 aromatic carbocycles. The number of thiophene rings is 1. The third-order valence-electron chi connectivity index (χ3n) is 3.81. The summed E-state index contributed by atoms with van der Waals surface area (Å²) in [5, 5.41) is 11.8. The second-order valence-corrected chi connectivity index (χ2v) is 5.95. The van der Waals surface area contributed by atoms with Gasteiger partial charge in [-0.2, -0.15) is 0 Å². The molecule has 2 heterocycles. The van der Waals surface area contributed by atoms with Crippen LogP contribution in [0.4, 0.5) is 0 Å². The zero-order valence-electron chi connectivity index (χ0n) is 10.6.